The number of aryl methyl sites for hydroxylation is 1. The highest BCUT2D eigenvalue weighted by atomic mass is 79.9. The van der Waals surface area contributed by atoms with E-state index in [0.29, 0.717) is 5.46 Å². The number of hydrogen-bond donors (Lipinski definition) is 4. The van der Waals surface area contributed by atoms with Crippen LogP contribution in [0.4, 0.5) is 11.4 Å². The Morgan fingerprint density at radius 1 is 0.776 bits per heavy atom. The number of ether oxygens (including phenoxy) is 1. The first-order valence-electron chi connectivity index (χ1n) is 16.3. The summed E-state index contributed by atoms with van der Waals surface area (Å²) in [5, 5.41) is 17.3. The van der Waals surface area contributed by atoms with Crippen molar-refractivity contribution in [3.63, 3.8) is 0 Å². The number of halogens is 1. The fourth-order valence-corrected chi connectivity index (χ4v) is 6.33. The lowest BCUT2D eigenvalue weighted by Gasteiger charge is -2.33. The first kappa shape index (κ1) is 37.4. The molecular formula is C36H44BBrN6O5. The number of amides is 2. The average Bonchev–Trinajstić information content (AvgIpc) is 3.13. The molecule has 2 aliphatic heterocycles. The molecule has 0 bridgehead atoms. The minimum atomic E-state index is -1.35. The number of benzene rings is 2. The van der Waals surface area contributed by atoms with Crippen molar-refractivity contribution in [3.05, 3.63) is 95.5 Å². The van der Waals surface area contributed by atoms with Gasteiger partial charge in [0.2, 0.25) is 11.8 Å². The van der Waals surface area contributed by atoms with Crippen LogP contribution >= 0.6 is 15.9 Å². The lowest BCUT2D eigenvalue weighted by molar-refractivity contribution is -0.123. The Morgan fingerprint density at radius 2 is 1.27 bits per heavy atom. The van der Waals surface area contributed by atoms with E-state index in [1.165, 1.54) is 0 Å². The Labute approximate surface area is 296 Å². The number of nitrogens with two attached hydrogens (primary N) is 2. The maximum absolute atomic E-state index is 11.3. The molecule has 4 aromatic rings. The molecule has 49 heavy (non-hydrogen) atoms. The van der Waals surface area contributed by atoms with Crippen LogP contribution in [0.2, 0.25) is 0 Å². The van der Waals surface area contributed by atoms with Gasteiger partial charge in [0.1, 0.15) is 5.75 Å². The van der Waals surface area contributed by atoms with E-state index >= 15 is 0 Å². The molecule has 0 atom stereocenters. The Kier molecular flexibility index (Phi) is 14.0. The predicted molar refractivity (Wildman–Crippen MR) is 197 cm³/mol. The molecule has 6 N–H and O–H groups in total. The molecule has 11 nitrogen and oxygen atoms in total. The zero-order valence-corrected chi connectivity index (χ0v) is 29.5. The smallest absolute Gasteiger partial charge is 0.488 e. The summed E-state index contributed by atoms with van der Waals surface area (Å²) >= 11 is 3.48. The van der Waals surface area contributed by atoms with Gasteiger partial charge in [-0.05, 0) is 83.8 Å². The first-order chi connectivity index (χ1) is 23.6. The molecule has 2 aromatic carbocycles. The van der Waals surface area contributed by atoms with Gasteiger partial charge in [-0.1, -0.05) is 42.0 Å². The molecule has 0 aliphatic carbocycles. The van der Waals surface area contributed by atoms with E-state index in [1.807, 2.05) is 67.8 Å². The van der Waals surface area contributed by atoms with Crippen molar-refractivity contribution < 1.29 is 24.4 Å². The topological polar surface area (TPSA) is 168 Å². The number of carbonyl (C=O) groups excluding carboxylic acids is 2. The normalized spacial score (nSPS) is 14.9. The van der Waals surface area contributed by atoms with Gasteiger partial charge in [0, 0.05) is 74.1 Å². The van der Waals surface area contributed by atoms with Gasteiger partial charge >= 0.3 is 7.12 Å². The van der Waals surface area contributed by atoms with Gasteiger partial charge in [-0.15, -0.1) is 0 Å². The molecular weight excluding hydrogens is 687 g/mol. The van der Waals surface area contributed by atoms with Crippen LogP contribution < -0.4 is 31.5 Å². The molecule has 0 saturated carbocycles. The molecule has 4 heterocycles. The number of primary amides is 2. The van der Waals surface area contributed by atoms with Crippen LogP contribution in [0.25, 0.3) is 11.1 Å². The molecule has 6 rings (SSSR count). The van der Waals surface area contributed by atoms with E-state index in [1.54, 1.807) is 31.6 Å². The van der Waals surface area contributed by atoms with Crippen LogP contribution in [-0.4, -0.2) is 72.2 Å². The highest BCUT2D eigenvalue weighted by Crippen LogP contribution is 2.33. The highest BCUT2D eigenvalue weighted by molar-refractivity contribution is 9.10. The summed E-state index contributed by atoms with van der Waals surface area (Å²) in [6, 6.07) is 19.1. The van der Waals surface area contributed by atoms with Crippen molar-refractivity contribution in [2.45, 2.75) is 32.6 Å². The van der Waals surface area contributed by atoms with Gasteiger partial charge in [-0.2, -0.15) is 0 Å². The molecule has 2 amide bonds. The summed E-state index contributed by atoms with van der Waals surface area (Å²) in [4.78, 5) is 35.2. The third-order valence-corrected chi connectivity index (χ3v) is 9.41. The van der Waals surface area contributed by atoms with Crippen LogP contribution in [0, 0.1) is 18.8 Å². The van der Waals surface area contributed by atoms with E-state index in [4.69, 9.17) is 26.3 Å². The van der Waals surface area contributed by atoms with Gasteiger partial charge < -0.3 is 36.1 Å². The van der Waals surface area contributed by atoms with E-state index < -0.39 is 7.12 Å². The Bertz CT molecular complexity index is 1640. The molecule has 0 unspecified atom stereocenters. The second kappa shape index (κ2) is 18.3. The van der Waals surface area contributed by atoms with E-state index in [2.05, 4.69) is 35.7 Å². The predicted octanol–water partition coefficient (Wildman–Crippen LogP) is 3.68. The zero-order chi connectivity index (χ0) is 35.3. The highest BCUT2D eigenvalue weighted by Gasteiger charge is 2.25. The number of piperidine rings is 2. The van der Waals surface area contributed by atoms with E-state index in [-0.39, 0.29) is 23.7 Å². The van der Waals surface area contributed by atoms with Crippen LogP contribution in [0.3, 0.4) is 0 Å². The minimum absolute atomic E-state index is 0.00229. The number of pyridine rings is 2. The van der Waals surface area contributed by atoms with Crippen molar-refractivity contribution in [2.24, 2.45) is 23.3 Å². The number of aromatic nitrogens is 2. The lowest BCUT2D eigenvalue weighted by atomic mass is 9.80. The number of nitrogens with zero attached hydrogens (tertiary/aromatic N) is 4. The van der Waals surface area contributed by atoms with Crippen molar-refractivity contribution in [1.29, 1.82) is 0 Å². The molecule has 0 spiro atoms. The second-order valence-electron chi connectivity index (χ2n) is 12.1. The maximum Gasteiger partial charge on any atom is 0.488 e. The van der Waals surface area contributed by atoms with E-state index in [0.717, 1.165) is 90.1 Å². The summed E-state index contributed by atoms with van der Waals surface area (Å²) in [6.07, 6.45) is 10.5. The lowest BCUT2D eigenvalue weighted by Crippen LogP contribution is -2.38. The summed E-state index contributed by atoms with van der Waals surface area (Å²) in [5.74, 6) is 0.513. The minimum Gasteiger partial charge on any atom is -0.497 e. The van der Waals surface area contributed by atoms with Gasteiger partial charge in [-0.25, -0.2) is 0 Å². The van der Waals surface area contributed by atoms with Crippen LogP contribution in [0.15, 0.2) is 89.9 Å². The number of methoxy groups -OCH3 is 1. The van der Waals surface area contributed by atoms with Crippen molar-refractivity contribution in [2.75, 3.05) is 43.1 Å². The van der Waals surface area contributed by atoms with Gasteiger partial charge in [0.25, 0.3) is 0 Å². The molecule has 2 aromatic heterocycles. The van der Waals surface area contributed by atoms with Crippen molar-refractivity contribution in [1.82, 2.24) is 9.97 Å². The van der Waals surface area contributed by atoms with Crippen molar-refractivity contribution >= 4 is 51.7 Å². The quantitative estimate of drug-likeness (QED) is 0.207. The summed E-state index contributed by atoms with van der Waals surface area (Å²) in [6.45, 7) is 5.36. The second-order valence-corrected chi connectivity index (χ2v) is 12.9. The first-order valence-corrected chi connectivity index (χ1v) is 17.1. The molecule has 0 radical (unpaired) electrons. The average molecular weight is 732 g/mol. The van der Waals surface area contributed by atoms with Gasteiger partial charge in [-0.3, -0.25) is 19.6 Å². The number of hydrogen-bond acceptors (Lipinski definition) is 9. The summed E-state index contributed by atoms with van der Waals surface area (Å²) < 4.78 is 6.21. The monoisotopic (exact) mass is 730 g/mol. The van der Waals surface area contributed by atoms with Gasteiger partial charge in [0.05, 0.1) is 17.3 Å². The van der Waals surface area contributed by atoms with Gasteiger partial charge in [0.15, 0.2) is 0 Å². The number of anilines is 2. The molecule has 2 saturated heterocycles. The number of rotatable bonds is 7. The third-order valence-electron chi connectivity index (χ3n) is 8.80. The molecule has 258 valence electrons. The Hall–Kier alpha value is -4.46. The van der Waals surface area contributed by atoms with Crippen LogP contribution in [0.5, 0.6) is 5.75 Å². The molecule has 2 aliphatic rings. The van der Waals surface area contributed by atoms with E-state index in [9.17, 15) is 9.59 Å². The summed E-state index contributed by atoms with van der Waals surface area (Å²) in [5.41, 5.74) is 16.8. The Morgan fingerprint density at radius 3 is 1.73 bits per heavy atom. The van der Waals surface area contributed by atoms with Crippen molar-refractivity contribution in [3.8, 4) is 16.9 Å². The maximum atomic E-state index is 11.3. The zero-order valence-electron chi connectivity index (χ0n) is 27.9. The SMILES string of the molecule is COc1ccc(-c2cnccc2N2CCC(C(N)=O)CC2)cc1.Cc1ccc(B(O)O)cc1.NC(=O)C1CCN(c2ccncc2Br)CC1. The molecule has 13 heteroatoms. The van der Waals surface area contributed by atoms with Crippen LogP contribution in [-0.2, 0) is 9.59 Å². The largest absolute Gasteiger partial charge is 0.497 e. The fourth-order valence-electron chi connectivity index (χ4n) is 5.83. The fraction of sp³-hybridized carbons (Fsp3) is 0.333. The summed E-state index contributed by atoms with van der Waals surface area (Å²) in [7, 11) is 0.313. The third kappa shape index (κ3) is 10.8. The standard InChI is InChI=1S/C18H21N3O2.C11H14BrN3O.C7H9BO2/c1-23-15-4-2-13(3-5-15)16-12-20-9-6-17(16)21-10-7-14(8-11-21)18(19)22;12-9-7-14-4-1-10(9)15-5-2-8(3-6-15)11(13)16;1-6-2-4-7(5-3-6)8(9)10/h2-6,9,12,14H,7-8,10-11H2,1H3,(H2,19,22);1,4,7-8H,2-3,5-6H2,(H2,13,16);2-5,9-10H,1H3. The number of carbonyl (C=O) groups is 2. The van der Waals surface area contributed by atoms with Crippen LogP contribution in [0.1, 0.15) is 31.2 Å². The Balaban J connectivity index is 0.000000180. The molecule has 2 fully saturated rings.